The third kappa shape index (κ3) is 6.56. The van der Waals surface area contributed by atoms with Crippen LogP contribution in [0.2, 0.25) is 0 Å². The zero-order valence-electron chi connectivity index (χ0n) is 22.9. The van der Waals surface area contributed by atoms with Crippen LogP contribution in [-0.2, 0) is 17.8 Å². The van der Waals surface area contributed by atoms with Crippen LogP contribution in [0, 0.1) is 6.92 Å². The van der Waals surface area contributed by atoms with E-state index in [1.165, 1.54) is 36.8 Å². The summed E-state index contributed by atoms with van der Waals surface area (Å²) in [7, 11) is 0. The van der Waals surface area contributed by atoms with E-state index < -0.39 is 12.0 Å². The second-order valence-corrected chi connectivity index (χ2v) is 12.1. The van der Waals surface area contributed by atoms with Gasteiger partial charge in [-0.2, -0.15) is 11.8 Å². The van der Waals surface area contributed by atoms with Crippen LogP contribution < -0.4 is 5.32 Å². The second kappa shape index (κ2) is 12.0. The van der Waals surface area contributed by atoms with Gasteiger partial charge in [-0.05, 0) is 97.4 Å². The van der Waals surface area contributed by atoms with Crippen molar-refractivity contribution in [3.05, 3.63) is 95.1 Å². The number of benzene rings is 3. The maximum Gasteiger partial charge on any atom is 0.326 e. The number of aryl methyl sites for hydroxylation is 1. The quantitative estimate of drug-likeness (QED) is 0.264. The molecule has 2 fully saturated rings. The van der Waals surface area contributed by atoms with E-state index in [2.05, 4.69) is 65.7 Å². The number of nitrogens with one attached hydrogen (secondary N) is 1. The molecule has 1 unspecified atom stereocenters. The molecule has 2 aliphatic carbocycles. The SMILES string of the molecule is CSCCC(NC(=O)c1ccc(CN(C2CC2)C2(Cc3ccccc3)CC2)cc1-c1ccccc1C)C(=O)O. The lowest BCUT2D eigenvalue weighted by atomic mass is 9.93. The second-order valence-electron chi connectivity index (χ2n) is 11.1. The van der Waals surface area contributed by atoms with E-state index in [0.29, 0.717) is 23.8 Å². The van der Waals surface area contributed by atoms with E-state index in [0.717, 1.165) is 29.7 Å². The average molecular weight is 543 g/mol. The van der Waals surface area contributed by atoms with Crippen molar-refractivity contribution < 1.29 is 14.7 Å². The number of hydrogen-bond donors (Lipinski definition) is 2. The van der Waals surface area contributed by atoms with Gasteiger partial charge in [-0.15, -0.1) is 0 Å². The molecule has 39 heavy (non-hydrogen) atoms. The molecule has 5 nitrogen and oxygen atoms in total. The number of carbonyl (C=O) groups is 2. The smallest absolute Gasteiger partial charge is 0.326 e. The van der Waals surface area contributed by atoms with E-state index >= 15 is 0 Å². The normalized spacial score (nSPS) is 16.6. The van der Waals surface area contributed by atoms with Crippen LogP contribution in [0.25, 0.3) is 11.1 Å². The first-order chi connectivity index (χ1) is 18.9. The van der Waals surface area contributed by atoms with Crippen molar-refractivity contribution in [2.45, 2.75) is 69.6 Å². The van der Waals surface area contributed by atoms with Gasteiger partial charge in [0.1, 0.15) is 6.04 Å². The minimum absolute atomic E-state index is 0.216. The Labute approximate surface area is 236 Å². The molecule has 0 spiro atoms. The number of rotatable bonds is 13. The fourth-order valence-corrected chi connectivity index (χ4v) is 6.14. The number of thioether (sulfide) groups is 1. The Morgan fingerprint density at radius 2 is 1.72 bits per heavy atom. The molecule has 3 aromatic carbocycles. The molecule has 1 amide bonds. The standard InChI is InChI=1S/C33H38N2O3S/c1-23-8-6-7-11-27(23)29-20-25(12-15-28(29)31(36)34-30(32(37)38)16-19-39-2)22-35(26-13-14-26)33(17-18-33)21-24-9-4-3-5-10-24/h3-12,15,20,26,30H,13-14,16-19,21-22H2,1-2H3,(H,34,36)(H,37,38). The predicted octanol–water partition coefficient (Wildman–Crippen LogP) is 6.34. The van der Waals surface area contributed by atoms with E-state index in [9.17, 15) is 14.7 Å². The summed E-state index contributed by atoms with van der Waals surface area (Å²) in [5.41, 5.74) is 6.27. The van der Waals surface area contributed by atoms with Crippen molar-refractivity contribution in [1.82, 2.24) is 10.2 Å². The van der Waals surface area contributed by atoms with Gasteiger partial charge in [0.25, 0.3) is 5.91 Å². The number of hydrogen-bond acceptors (Lipinski definition) is 4. The van der Waals surface area contributed by atoms with Crippen molar-refractivity contribution in [2.75, 3.05) is 12.0 Å². The molecule has 5 rings (SSSR count). The molecule has 2 aliphatic rings. The summed E-state index contributed by atoms with van der Waals surface area (Å²) in [6, 6.07) is 24.7. The highest BCUT2D eigenvalue weighted by Crippen LogP contribution is 2.50. The number of amides is 1. The Morgan fingerprint density at radius 1 is 1.00 bits per heavy atom. The number of nitrogens with zero attached hydrogens (tertiary/aromatic N) is 1. The van der Waals surface area contributed by atoms with E-state index in [1.807, 2.05) is 30.5 Å². The summed E-state index contributed by atoms with van der Waals surface area (Å²) in [4.78, 5) is 28.0. The Balaban J connectivity index is 1.44. The molecule has 2 N–H and O–H groups in total. The molecule has 0 aromatic heterocycles. The summed E-state index contributed by atoms with van der Waals surface area (Å²) < 4.78 is 0. The van der Waals surface area contributed by atoms with Crippen LogP contribution in [-0.4, -0.2) is 51.5 Å². The number of carbonyl (C=O) groups excluding carboxylic acids is 1. The van der Waals surface area contributed by atoms with Crippen molar-refractivity contribution >= 4 is 23.6 Å². The lowest BCUT2D eigenvalue weighted by Crippen LogP contribution is -2.41. The van der Waals surface area contributed by atoms with E-state index in [4.69, 9.17) is 0 Å². The monoisotopic (exact) mass is 542 g/mol. The van der Waals surface area contributed by atoms with Gasteiger partial charge >= 0.3 is 5.97 Å². The third-order valence-corrected chi connectivity index (χ3v) is 8.77. The Kier molecular flexibility index (Phi) is 8.43. The Morgan fingerprint density at radius 3 is 2.36 bits per heavy atom. The average Bonchev–Trinajstić information content (AvgIpc) is 3.87. The van der Waals surface area contributed by atoms with Crippen LogP contribution >= 0.6 is 11.8 Å². The first-order valence-corrected chi connectivity index (χ1v) is 15.3. The predicted molar refractivity (Wildman–Crippen MR) is 159 cm³/mol. The summed E-state index contributed by atoms with van der Waals surface area (Å²) in [5.74, 6) is -0.669. The van der Waals surface area contributed by atoms with Gasteiger partial charge in [-0.25, -0.2) is 4.79 Å². The van der Waals surface area contributed by atoms with Gasteiger partial charge in [-0.3, -0.25) is 9.69 Å². The number of carboxylic acids is 1. The summed E-state index contributed by atoms with van der Waals surface area (Å²) >= 11 is 1.58. The zero-order chi connectivity index (χ0) is 27.4. The van der Waals surface area contributed by atoms with Gasteiger partial charge in [-0.1, -0.05) is 60.7 Å². The summed E-state index contributed by atoms with van der Waals surface area (Å²) in [6.45, 7) is 2.90. The van der Waals surface area contributed by atoms with Crippen LogP contribution in [0.5, 0.6) is 0 Å². The van der Waals surface area contributed by atoms with Gasteiger partial charge in [0, 0.05) is 23.7 Å². The molecule has 0 heterocycles. The molecule has 0 bridgehead atoms. The molecule has 3 aromatic rings. The molecule has 0 aliphatic heterocycles. The van der Waals surface area contributed by atoms with Gasteiger partial charge in [0.2, 0.25) is 0 Å². The van der Waals surface area contributed by atoms with Crippen LogP contribution in [0.4, 0.5) is 0 Å². The Bertz CT molecular complexity index is 1320. The first kappa shape index (κ1) is 27.5. The van der Waals surface area contributed by atoms with Crippen molar-refractivity contribution in [1.29, 1.82) is 0 Å². The molecular formula is C33H38N2O3S. The molecule has 204 valence electrons. The molecule has 6 heteroatoms. The minimum Gasteiger partial charge on any atom is -0.480 e. The van der Waals surface area contributed by atoms with E-state index in [-0.39, 0.29) is 11.4 Å². The molecule has 1 atom stereocenters. The lowest BCUT2D eigenvalue weighted by Gasteiger charge is -2.33. The highest BCUT2D eigenvalue weighted by atomic mass is 32.2. The number of carboxylic acid groups (broad SMARTS) is 1. The molecular weight excluding hydrogens is 504 g/mol. The lowest BCUT2D eigenvalue weighted by molar-refractivity contribution is -0.139. The summed E-state index contributed by atoms with van der Waals surface area (Å²) in [5, 5.41) is 12.5. The van der Waals surface area contributed by atoms with Crippen LogP contribution in [0.15, 0.2) is 72.8 Å². The van der Waals surface area contributed by atoms with Crippen LogP contribution in [0.3, 0.4) is 0 Å². The topological polar surface area (TPSA) is 69.6 Å². The highest BCUT2D eigenvalue weighted by molar-refractivity contribution is 7.98. The molecule has 0 radical (unpaired) electrons. The van der Waals surface area contributed by atoms with Gasteiger partial charge < -0.3 is 10.4 Å². The Hall–Kier alpha value is -3.09. The maximum absolute atomic E-state index is 13.5. The van der Waals surface area contributed by atoms with Crippen LogP contribution in [0.1, 0.15) is 59.2 Å². The van der Waals surface area contributed by atoms with Crippen molar-refractivity contribution in [3.63, 3.8) is 0 Å². The van der Waals surface area contributed by atoms with Crippen molar-refractivity contribution in [2.24, 2.45) is 0 Å². The fourth-order valence-electron chi connectivity index (χ4n) is 5.67. The summed E-state index contributed by atoms with van der Waals surface area (Å²) in [6.07, 6.45) is 8.32. The largest absolute Gasteiger partial charge is 0.480 e. The highest BCUT2D eigenvalue weighted by Gasteiger charge is 2.52. The fraction of sp³-hybridized carbons (Fsp3) is 0.394. The minimum atomic E-state index is -1.00. The molecule has 2 saturated carbocycles. The van der Waals surface area contributed by atoms with Crippen molar-refractivity contribution in [3.8, 4) is 11.1 Å². The maximum atomic E-state index is 13.5. The van der Waals surface area contributed by atoms with E-state index in [1.54, 1.807) is 11.8 Å². The van der Waals surface area contributed by atoms with Gasteiger partial charge in [0.15, 0.2) is 0 Å². The molecule has 0 saturated heterocycles. The number of aliphatic carboxylic acids is 1. The van der Waals surface area contributed by atoms with Gasteiger partial charge in [0.05, 0.1) is 0 Å². The third-order valence-electron chi connectivity index (χ3n) is 8.13. The first-order valence-electron chi connectivity index (χ1n) is 13.9. The zero-order valence-corrected chi connectivity index (χ0v) is 23.7.